The van der Waals surface area contributed by atoms with Gasteiger partial charge in [-0.1, -0.05) is 18.2 Å². The van der Waals surface area contributed by atoms with Crippen LogP contribution in [0.5, 0.6) is 0 Å². The van der Waals surface area contributed by atoms with Crippen molar-refractivity contribution in [2.24, 2.45) is 0 Å². The quantitative estimate of drug-likeness (QED) is 0.763. The molecule has 2 fully saturated rings. The van der Waals surface area contributed by atoms with Crippen molar-refractivity contribution in [3.63, 3.8) is 0 Å². The van der Waals surface area contributed by atoms with Crippen LogP contribution in [0.1, 0.15) is 66.0 Å². The number of carbonyl (C=O) groups excluding carboxylic acids is 1. The van der Waals surface area contributed by atoms with E-state index in [4.69, 9.17) is 14.0 Å². The van der Waals surface area contributed by atoms with Crippen molar-refractivity contribution in [2.75, 3.05) is 13.1 Å². The number of likely N-dealkylation sites (tertiary alicyclic amines) is 1. The first-order chi connectivity index (χ1) is 13.8. The third-order valence-electron chi connectivity index (χ3n) is 6.29. The molecule has 2 saturated heterocycles. The second-order valence-electron chi connectivity index (χ2n) is 10.6. The van der Waals surface area contributed by atoms with Crippen molar-refractivity contribution in [1.82, 2.24) is 10.2 Å². The fraction of sp³-hybridized carbons (Fsp3) is 0.696. The van der Waals surface area contributed by atoms with E-state index >= 15 is 0 Å². The zero-order valence-corrected chi connectivity index (χ0v) is 19.8. The Kier molecular flexibility index (Phi) is 6.29. The van der Waals surface area contributed by atoms with Gasteiger partial charge in [-0.25, -0.2) is 4.79 Å². The van der Waals surface area contributed by atoms with Gasteiger partial charge in [0.2, 0.25) is 0 Å². The van der Waals surface area contributed by atoms with Crippen LogP contribution >= 0.6 is 0 Å². The Bertz CT molecular complexity index is 772. The van der Waals surface area contributed by atoms with Crippen LogP contribution in [0.2, 0.25) is 0 Å². The van der Waals surface area contributed by atoms with E-state index in [0.29, 0.717) is 0 Å². The zero-order valence-electron chi connectivity index (χ0n) is 19.8. The van der Waals surface area contributed by atoms with Gasteiger partial charge in [-0.05, 0) is 78.4 Å². The highest BCUT2D eigenvalue weighted by Gasteiger charge is 2.51. The normalized spacial score (nSPS) is 23.6. The number of hydrogen-bond acceptors (Lipinski definition) is 5. The Morgan fingerprint density at radius 1 is 1.23 bits per heavy atom. The highest BCUT2D eigenvalue weighted by atomic mass is 16.7. The van der Waals surface area contributed by atoms with Crippen LogP contribution in [0.25, 0.3) is 0 Å². The minimum Gasteiger partial charge on any atom is -0.444 e. The van der Waals surface area contributed by atoms with Gasteiger partial charge >= 0.3 is 13.2 Å². The number of nitrogens with one attached hydrogen (secondary N) is 1. The van der Waals surface area contributed by atoms with Gasteiger partial charge < -0.3 is 19.4 Å². The molecule has 1 amide bonds. The van der Waals surface area contributed by atoms with E-state index in [1.54, 1.807) is 0 Å². The number of amides is 1. The number of aryl methyl sites for hydroxylation is 1. The SMILES string of the molecule is Cc1ccc(B2OC(C)(C)C(C)(C)O2)cc1CN1CCC(NC(=O)OC(C)(C)C)C1. The predicted molar refractivity (Wildman–Crippen MR) is 120 cm³/mol. The monoisotopic (exact) mass is 416 g/mol. The Labute approximate surface area is 181 Å². The average Bonchev–Trinajstić information content (AvgIpc) is 3.09. The van der Waals surface area contributed by atoms with E-state index < -0.39 is 5.60 Å². The van der Waals surface area contributed by atoms with E-state index in [1.807, 2.05) is 20.8 Å². The first-order valence-corrected chi connectivity index (χ1v) is 10.9. The highest BCUT2D eigenvalue weighted by Crippen LogP contribution is 2.36. The molecule has 0 aromatic heterocycles. The summed E-state index contributed by atoms with van der Waals surface area (Å²) in [6.45, 7) is 18.7. The number of ether oxygens (including phenoxy) is 1. The van der Waals surface area contributed by atoms with Crippen LogP contribution in [0.4, 0.5) is 4.79 Å². The minimum absolute atomic E-state index is 0.117. The standard InChI is InChI=1S/C23H37BN2O4/c1-16-9-10-18(24-29-22(5,6)23(7,8)30-24)13-17(16)14-26-12-11-19(15-26)25-20(27)28-21(2,3)4/h9-10,13,19H,11-12,14-15H2,1-8H3,(H,25,27). The van der Waals surface area contributed by atoms with E-state index in [0.717, 1.165) is 31.5 Å². The van der Waals surface area contributed by atoms with Crippen LogP contribution in [-0.4, -0.2) is 54.0 Å². The highest BCUT2D eigenvalue weighted by molar-refractivity contribution is 6.62. The molecular formula is C23H37BN2O4. The van der Waals surface area contributed by atoms with Crippen molar-refractivity contribution >= 4 is 18.7 Å². The van der Waals surface area contributed by atoms with Gasteiger partial charge in [0.1, 0.15) is 5.60 Å². The van der Waals surface area contributed by atoms with Crippen molar-refractivity contribution in [1.29, 1.82) is 0 Å². The summed E-state index contributed by atoms with van der Waals surface area (Å²) in [5.74, 6) is 0. The summed E-state index contributed by atoms with van der Waals surface area (Å²) < 4.78 is 17.8. The molecule has 2 heterocycles. The minimum atomic E-state index is -0.479. The summed E-state index contributed by atoms with van der Waals surface area (Å²) in [6.07, 6.45) is 0.586. The Morgan fingerprint density at radius 3 is 2.47 bits per heavy atom. The molecule has 0 saturated carbocycles. The molecule has 0 radical (unpaired) electrons. The lowest BCUT2D eigenvalue weighted by molar-refractivity contribution is 0.00578. The second-order valence-corrected chi connectivity index (χ2v) is 10.6. The maximum absolute atomic E-state index is 12.1. The molecule has 3 rings (SSSR count). The van der Waals surface area contributed by atoms with Gasteiger partial charge in [0.05, 0.1) is 11.2 Å². The van der Waals surface area contributed by atoms with Crippen molar-refractivity contribution in [3.8, 4) is 0 Å². The fourth-order valence-electron chi connectivity index (χ4n) is 3.80. The molecule has 1 atom stereocenters. The van der Waals surface area contributed by atoms with Gasteiger partial charge in [0.25, 0.3) is 0 Å². The van der Waals surface area contributed by atoms with E-state index in [-0.39, 0.29) is 30.5 Å². The van der Waals surface area contributed by atoms with Crippen molar-refractivity contribution < 1.29 is 18.8 Å². The molecule has 0 aliphatic carbocycles. The molecule has 166 valence electrons. The fourth-order valence-corrected chi connectivity index (χ4v) is 3.80. The van der Waals surface area contributed by atoms with E-state index in [9.17, 15) is 4.79 Å². The Hall–Kier alpha value is -1.57. The predicted octanol–water partition coefficient (Wildman–Crippen LogP) is 3.39. The van der Waals surface area contributed by atoms with Gasteiger partial charge in [-0.15, -0.1) is 0 Å². The molecule has 7 heteroatoms. The summed E-state index contributed by atoms with van der Waals surface area (Å²) in [5.41, 5.74) is 2.39. The topological polar surface area (TPSA) is 60.0 Å². The number of nitrogens with zero attached hydrogens (tertiary/aromatic N) is 1. The first-order valence-electron chi connectivity index (χ1n) is 10.9. The van der Waals surface area contributed by atoms with Crippen LogP contribution in [0.15, 0.2) is 18.2 Å². The lowest BCUT2D eigenvalue weighted by atomic mass is 9.77. The summed E-state index contributed by atoms with van der Waals surface area (Å²) in [5, 5.41) is 3.00. The van der Waals surface area contributed by atoms with E-state index in [2.05, 4.69) is 63.0 Å². The largest absolute Gasteiger partial charge is 0.494 e. The molecule has 1 unspecified atom stereocenters. The molecule has 2 aliphatic rings. The van der Waals surface area contributed by atoms with Gasteiger partial charge in [0, 0.05) is 25.7 Å². The number of rotatable bonds is 4. The lowest BCUT2D eigenvalue weighted by Crippen LogP contribution is -2.41. The van der Waals surface area contributed by atoms with Crippen LogP contribution < -0.4 is 10.8 Å². The molecule has 2 aliphatic heterocycles. The number of carbonyl (C=O) groups is 1. The summed E-state index contributed by atoms with van der Waals surface area (Å²) in [4.78, 5) is 14.4. The van der Waals surface area contributed by atoms with Crippen LogP contribution in [-0.2, 0) is 20.6 Å². The molecule has 0 bridgehead atoms. The molecule has 0 spiro atoms. The van der Waals surface area contributed by atoms with Crippen LogP contribution in [0.3, 0.4) is 0 Å². The summed E-state index contributed by atoms with van der Waals surface area (Å²) >= 11 is 0. The maximum atomic E-state index is 12.1. The van der Waals surface area contributed by atoms with Crippen molar-refractivity contribution in [3.05, 3.63) is 29.3 Å². The molecule has 6 nitrogen and oxygen atoms in total. The van der Waals surface area contributed by atoms with Gasteiger partial charge in [-0.3, -0.25) is 4.90 Å². The maximum Gasteiger partial charge on any atom is 0.494 e. The summed E-state index contributed by atoms with van der Waals surface area (Å²) in [7, 11) is -0.352. The Morgan fingerprint density at radius 2 is 1.87 bits per heavy atom. The zero-order chi connectivity index (χ0) is 22.3. The van der Waals surface area contributed by atoms with Crippen LogP contribution in [0, 0.1) is 6.92 Å². The summed E-state index contributed by atoms with van der Waals surface area (Å²) in [6, 6.07) is 6.55. The second kappa shape index (κ2) is 8.17. The smallest absolute Gasteiger partial charge is 0.444 e. The first kappa shape index (κ1) is 23.1. The lowest BCUT2D eigenvalue weighted by Gasteiger charge is -2.32. The molecule has 1 aromatic carbocycles. The Balaban J connectivity index is 1.61. The molecule has 1 N–H and O–H groups in total. The molecule has 1 aromatic rings. The van der Waals surface area contributed by atoms with Crippen molar-refractivity contribution in [2.45, 2.75) is 91.2 Å². The number of benzene rings is 1. The average molecular weight is 416 g/mol. The van der Waals surface area contributed by atoms with Gasteiger partial charge in [-0.2, -0.15) is 0 Å². The number of hydrogen-bond donors (Lipinski definition) is 1. The van der Waals surface area contributed by atoms with Gasteiger partial charge in [0.15, 0.2) is 0 Å². The number of alkyl carbamates (subject to hydrolysis) is 1. The third-order valence-corrected chi connectivity index (χ3v) is 6.29. The van der Waals surface area contributed by atoms with E-state index in [1.165, 1.54) is 11.1 Å². The third kappa shape index (κ3) is 5.37. The molecular weight excluding hydrogens is 379 g/mol. The molecule has 30 heavy (non-hydrogen) atoms.